The minimum atomic E-state index is -1.70. The van der Waals surface area contributed by atoms with Crippen molar-refractivity contribution in [1.29, 1.82) is 0 Å². The summed E-state index contributed by atoms with van der Waals surface area (Å²) in [6, 6.07) is 0. The minimum Gasteiger partial charge on any atom is -0.461 e. The molecule has 38 heavy (non-hydrogen) atoms. The Morgan fingerprint density at radius 1 is 1.11 bits per heavy atom. The third kappa shape index (κ3) is 3.72. The average Bonchev–Trinajstić information content (AvgIpc) is 3.08. The molecule has 3 fully saturated rings. The Bertz CT molecular complexity index is 1070. The minimum absolute atomic E-state index is 0.0459. The summed E-state index contributed by atoms with van der Waals surface area (Å²) in [6.07, 6.45) is 10.9. The van der Waals surface area contributed by atoms with Gasteiger partial charge >= 0.3 is 11.9 Å². The Balaban J connectivity index is 1.62. The van der Waals surface area contributed by atoms with Gasteiger partial charge in [0.1, 0.15) is 6.10 Å². The zero-order chi connectivity index (χ0) is 27.9. The standard InChI is InChI=1S/C32H48O6/c1-8-19(33)17-25(34)37-24-18-23-29(4)15-10-14-28(3,9-2)21(29)13-16-30(23,5)22-12-11-20-26(31(22,24)6)27(35)38-32(20,7)36/h11-12,19,21-24,33,36H,8-10,13-18H2,1-7H3/t19-,21-,22+,23-,24+,28-,29-,30-,31+,32-/m0/s1. The van der Waals surface area contributed by atoms with Gasteiger partial charge in [-0.25, -0.2) is 4.79 Å². The van der Waals surface area contributed by atoms with E-state index in [0.717, 1.165) is 12.8 Å². The van der Waals surface area contributed by atoms with Crippen molar-refractivity contribution in [2.75, 3.05) is 0 Å². The van der Waals surface area contributed by atoms with Gasteiger partial charge < -0.3 is 19.7 Å². The maximum absolute atomic E-state index is 13.4. The second kappa shape index (κ2) is 8.92. The van der Waals surface area contributed by atoms with Gasteiger partial charge in [0.15, 0.2) is 0 Å². The Morgan fingerprint density at radius 2 is 1.82 bits per heavy atom. The van der Waals surface area contributed by atoms with Gasteiger partial charge in [0.05, 0.1) is 18.1 Å². The van der Waals surface area contributed by atoms with Crippen molar-refractivity contribution >= 4 is 11.9 Å². The van der Waals surface area contributed by atoms with E-state index < -0.39 is 35.3 Å². The summed E-state index contributed by atoms with van der Waals surface area (Å²) >= 11 is 0. The summed E-state index contributed by atoms with van der Waals surface area (Å²) in [6.45, 7) is 15.1. The highest BCUT2D eigenvalue weighted by molar-refractivity contribution is 5.96. The fourth-order valence-corrected chi connectivity index (χ4v) is 10.2. The molecule has 0 aromatic carbocycles. The Morgan fingerprint density at radius 3 is 2.47 bits per heavy atom. The molecule has 1 aliphatic heterocycles. The molecule has 212 valence electrons. The number of aliphatic hydroxyl groups is 2. The number of esters is 2. The summed E-state index contributed by atoms with van der Waals surface area (Å²) in [5.41, 5.74) is 0.424. The van der Waals surface area contributed by atoms with Crippen molar-refractivity contribution in [2.45, 2.75) is 124 Å². The molecular weight excluding hydrogens is 480 g/mol. The first kappa shape index (κ1) is 27.9. The van der Waals surface area contributed by atoms with E-state index in [9.17, 15) is 19.8 Å². The lowest BCUT2D eigenvalue weighted by Gasteiger charge is -2.69. The van der Waals surface area contributed by atoms with Crippen LogP contribution in [0.1, 0.15) is 106 Å². The number of carbonyl (C=O) groups is 2. The van der Waals surface area contributed by atoms with Gasteiger partial charge in [-0.1, -0.05) is 66.5 Å². The van der Waals surface area contributed by atoms with Crippen LogP contribution in [0.15, 0.2) is 23.3 Å². The molecule has 0 radical (unpaired) electrons. The summed E-state index contributed by atoms with van der Waals surface area (Å²) in [5, 5.41) is 21.2. The molecule has 0 aromatic rings. The van der Waals surface area contributed by atoms with Gasteiger partial charge in [-0.05, 0) is 72.5 Å². The molecule has 10 atom stereocenters. The van der Waals surface area contributed by atoms with E-state index >= 15 is 0 Å². The van der Waals surface area contributed by atoms with Crippen molar-refractivity contribution < 1.29 is 29.3 Å². The fourth-order valence-electron chi connectivity index (χ4n) is 10.2. The van der Waals surface area contributed by atoms with Crippen molar-refractivity contribution in [3.8, 4) is 0 Å². The molecule has 6 heteroatoms. The lowest BCUT2D eigenvalue weighted by molar-refractivity contribution is -0.218. The summed E-state index contributed by atoms with van der Waals surface area (Å²) < 4.78 is 11.8. The largest absolute Gasteiger partial charge is 0.461 e. The van der Waals surface area contributed by atoms with Crippen molar-refractivity contribution in [3.05, 3.63) is 23.3 Å². The quantitative estimate of drug-likeness (QED) is 0.435. The molecule has 5 aliphatic rings. The topological polar surface area (TPSA) is 93.1 Å². The zero-order valence-electron chi connectivity index (χ0n) is 24.4. The molecule has 1 heterocycles. The molecule has 2 N–H and O–H groups in total. The van der Waals surface area contributed by atoms with E-state index in [0.29, 0.717) is 41.2 Å². The number of allylic oxidation sites excluding steroid dienone is 1. The van der Waals surface area contributed by atoms with E-state index in [2.05, 4.69) is 33.8 Å². The first-order valence-electron chi connectivity index (χ1n) is 14.9. The second-order valence-corrected chi connectivity index (χ2v) is 14.3. The van der Waals surface area contributed by atoms with Crippen LogP contribution in [-0.4, -0.2) is 40.1 Å². The van der Waals surface area contributed by atoms with Crippen LogP contribution >= 0.6 is 0 Å². The molecule has 4 aliphatic carbocycles. The predicted octanol–water partition coefficient (Wildman–Crippen LogP) is 5.86. The van der Waals surface area contributed by atoms with Crippen LogP contribution in [0.25, 0.3) is 0 Å². The van der Waals surface area contributed by atoms with Crippen LogP contribution in [0.4, 0.5) is 0 Å². The lowest BCUT2D eigenvalue weighted by atomic mass is 9.35. The Labute approximate surface area is 228 Å². The van der Waals surface area contributed by atoms with E-state index in [1.807, 2.05) is 19.9 Å². The number of ether oxygens (including phenoxy) is 2. The lowest BCUT2D eigenvalue weighted by Crippen LogP contribution is -2.65. The first-order valence-corrected chi connectivity index (χ1v) is 14.9. The highest BCUT2D eigenvalue weighted by Gasteiger charge is 2.70. The van der Waals surface area contributed by atoms with E-state index in [1.165, 1.54) is 32.6 Å². The number of carbonyl (C=O) groups excluding carboxylic acids is 2. The van der Waals surface area contributed by atoms with Crippen molar-refractivity contribution in [2.24, 2.45) is 39.4 Å². The number of fused-ring (bicyclic) bond motifs is 6. The third-order valence-electron chi connectivity index (χ3n) is 12.4. The van der Waals surface area contributed by atoms with E-state index in [1.54, 1.807) is 0 Å². The van der Waals surface area contributed by atoms with Crippen LogP contribution in [0.5, 0.6) is 0 Å². The molecule has 0 bridgehead atoms. The number of rotatable bonds is 5. The van der Waals surface area contributed by atoms with E-state index in [4.69, 9.17) is 9.47 Å². The van der Waals surface area contributed by atoms with E-state index in [-0.39, 0.29) is 23.2 Å². The maximum Gasteiger partial charge on any atom is 0.338 e. The fraction of sp³-hybridized carbons (Fsp3) is 0.812. The Kier molecular flexibility index (Phi) is 6.55. The van der Waals surface area contributed by atoms with Gasteiger partial charge in [-0.2, -0.15) is 0 Å². The van der Waals surface area contributed by atoms with Crippen LogP contribution < -0.4 is 0 Å². The summed E-state index contributed by atoms with van der Waals surface area (Å²) in [5.74, 6) is -1.77. The van der Waals surface area contributed by atoms with Crippen LogP contribution in [0.2, 0.25) is 0 Å². The molecular formula is C32H48O6. The van der Waals surface area contributed by atoms with Crippen molar-refractivity contribution in [3.63, 3.8) is 0 Å². The molecule has 6 nitrogen and oxygen atoms in total. The van der Waals surface area contributed by atoms with Gasteiger partial charge in [-0.15, -0.1) is 0 Å². The predicted molar refractivity (Wildman–Crippen MR) is 145 cm³/mol. The summed E-state index contributed by atoms with van der Waals surface area (Å²) in [7, 11) is 0. The van der Waals surface area contributed by atoms with Crippen molar-refractivity contribution in [1.82, 2.24) is 0 Å². The molecule has 5 rings (SSSR count). The van der Waals surface area contributed by atoms with Gasteiger partial charge in [0, 0.05) is 17.9 Å². The molecule has 3 saturated carbocycles. The summed E-state index contributed by atoms with van der Waals surface area (Å²) in [4.78, 5) is 26.5. The third-order valence-corrected chi connectivity index (χ3v) is 12.4. The SMILES string of the molecule is CC[C@H](O)CC(=O)O[C@@H]1C[C@@H]2[C@@](C)(CC[C@H]3[C@@](C)(CC)CCC[C@]23C)[C@H]2C=CC3=C(C(=O)O[C@]3(C)O)[C@]21C. The van der Waals surface area contributed by atoms with Gasteiger partial charge in [-0.3, -0.25) is 4.79 Å². The highest BCUT2D eigenvalue weighted by Crippen LogP contribution is 2.73. The number of cyclic esters (lactones) is 1. The molecule has 0 spiro atoms. The average molecular weight is 529 g/mol. The van der Waals surface area contributed by atoms with Crippen LogP contribution in [0, 0.1) is 39.4 Å². The van der Waals surface area contributed by atoms with Gasteiger partial charge in [0.2, 0.25) is 5.79 Å². The molecule has 0 saturated heterocycles. The normalized spacial score (nSPS) is 48.4. The zero-order valence-corrected chi connectivity index (χ0v) is 24.4. The molecule has 0 aromatic heterocycles. The number of aliphatic hydroxyl groups excluding tert-OH is 1. The Hall–Kier alpha value is -1.66. The first-order chi connectivity index (χ1) is 17.7. The monoisotopic (exact) mass is 528 g/mol. The molecule has 0 unspecified atom stereocenters. The smallest absolute Gasteiger partial charge is 0.338 e. The number of hydrogen-bond acceptors (Lipinski definition) is 6. The highest BCUT2D eigenvalue weighted by atomic mass is 16.7. The van der Waals surface area contributed by atoms with Crippen LogP contribution in [0.3, 0.4) is 0 Å². The molecule has 0 amide bonds. The maximum atomic E-state index is 13.4. The van der Waals surface area contributed by atoms with Crippen LogP contribution in [-0.2, 0) is 19.1 Å². The van der Waals surface area contributed by atoms with Gasteiger partial charge in [0.25, 0.3) is 0 Å². The second-order valence-electron chi connectivity index (χ2n) is 14.3. The number of hydrogen-bond donors (Lipinski definition) is 2.